The zero-order chi connectivity index (χ0) is 11.7. The van der Waals surface area contributed by atoms with E-state index in [0.29, 0.717) is 18.0 Å². The molecule has 1 N–H and O–H groups in total. The van der Waals surface area contributed by atoms with Gasteiger partial charge in [-0.2, -0.15) is 0 Å². The SMILES string of the molecule is OC1(Cc2ccccc2)N=CN=C2N=CN=C21. The fourth-order valence-electron chi connectivity index (χ4n) is 1.89. The standard InChI is InChI=1S/C12H10N4O/c17-12(6-9-4-2-1-3-5-9)10-11(14-7-13-10)15-8-16-12/h1-5,7-8,17H,6H2. The highest BCUT2D eigenvalue weighted by molar-refractivity contribution is 6.50. The Morgan fingerprint density at radius 3 is 2.71 bits per heavy atom. The minimum Gasteiger partial charge on any atom is -0.364 e. The summed E-state index contributed by atoms with van der Waals surface area (Å²) >= 11 is 0. The van der Waals surface area contributed by atoms with E-state index >= 15 is 0 Å². The molecule has 5 nitrogen and oxygen atoms in total. The zero-order valence-corrected chi connectivity index (χ0v) is 8.98. The van der Waals surface area contributed by atoms with Gasteiger partial charge in [0.05, 0.1) is 0 Å². The van der Waals surface area contributed by atoms with E-state index in [4.69, 9.17) is 0 Å². The van der Waals surface area contributed by atoms with E-state index in [1.807, 2.05) is 30.3 Å². The molecule has 0 saturated heterocycles. The van der Waals surface area contributed by atoms with E-state index in [-0.39, 0.29) is 0 Å². The van der Waals surface area contributed by atoms with Crippen LogP contribution in [0.15, 0.2) is 50.3 Å². The monoisotopic (exact) mass is 226 g/mol. The molecule has 17 heavy (non-hydrogen) atoms. The van der Waals surface area contributed by atoms with E-state index in [1.54, 1.807) is 0 Å². The van der Waals surface area contributed by atoms with Crippen molar-refractivity contribution in [3.8, 4) is 0 Å². The lowest BCUT2D eigenvalue weighted by Crippen LogP contribution is -2.44. The number of amidine groups is 1. The smallest absolute Gasteiger partial charge is 0.208 e. The molecular weight excluding hydrogens is 216 g/mol. The first-order valence-corrected chi connectivity index (χ1v) is 5.27. The molecule has 0 spiro atoms. The molecule has 2 aliphatic heterocycles. The summed E-state index contributed by atoms with van der Waals surface area (Å²) in [6, 6.07) is 9.66. The number of aliphatic hydroxyl groups is 1. The molecule has 1 aromatic carbocycles. The molecule has 1 aromatic rings. The Morgan fingerprint density at radius 2 is 1.88 bits per heavy atom. The molecule has 0 aromatic heterocycles. The minimum atomic E-state index is -1.35. The summed E-state index contributed by atoms with van der Waals surface area (Å²) in [5.74, 6) is 0.443. The minimum absolute atomic E-state index is 0.367. The highest BCUT2D eigenvalue weighted by atomic mass is 16.3. The summed E-state index contributed by atoms with van der Waals surface area (Å²) in [4.78, 5) is 16.0. The van der Waals surface area contributed by atoms with Crippen LogP contribution >= 0.6 is 0 Å². The Kier molecular flexibility index (Phi) is 2.19. The maximum atomic E-state index is 10.5. The molecule has 0 amide bonds. The Labute approximate surface area is 98.0 Å². The van der Waals surface area contributed by atoms with Crippen molar-refractivity contribution in [3.05, 3.63) is 35.9 Å². The van der Waals surface area contributed by atoms with Crippen molar-refractivity contribution in [3.63, 3.8) is 0 Å². The van der Waals surface area contributed by atoms with Gasteiger partial charge in [-0.1, -0.05) is 30.3 Å². The van der Waals surface area contributed by atoms with Gasteiger partial charge in [0.15, 0.2) is 5.84 Å². The molecular formula is C12H10N4O. The van der Waals surface area contributed by atoms with Gasteiger partial charge in [0, 0.05) is 6.42 Å². The average Bonchev–Trinajstić information content (AvgIpc) is 2.80. The number of benzene rings is 1. The fraction of sp³-hybridized carbons (Fsp3) is 0.167. The number of nitrogens with zero attached hydrogens (tertiary/aromatic N) is 4. The van der Waals surface area contributed by atoms with Crippen molar-refractivity contribution in [1.82, 2.24) is 0 Å². The Hall–Kier alpha value is -2.14. The number of aliphatic imine (C=N–C) groups is 4. The number of fused-ring (bicyclic) bond motifs is 1. The highest BCUT2D eigenvalue weighted by Gasteiger charge is 2.39. The predicted molar refractivity (Wildman–Crippen MR) is 66.9 cm³/mol. The number of rotatable bonds is 2. The molecule has 0 radical (unpaired) electrons. The first-order chi connectivity index (χ1) is 8.28. The van der Waals surface area contributed by atoms with Crippen LogP contribution in [0.5, 0.6) is 0 Å². The van der Waals surface area contributed by atoms with Crippen molar-refractivity contribution in [2.45, 2.75) is 12.1 Å². The highest BCUT2D eigenvalue weighted by Crippen LogP contribution is 2.22. The summed E-state index contributed by atoms with van der Waals surface area (Å²) in [6.07, 6.45) is 3.09. The molecule has 0 saturated carbocycles. The predicted octanol–water partition coefficient (Wildman–Crippen LogP) is 0.841. The van der Waals surface area contributed by atoms with Crippen LogP contribution in [0.4, 0.5) is 0 Å². The molecule has 3 rings (SSSR count). The van der Waals surface area contributed by atoms with Crippen molar-refractivity contribution < 1.29 is 5.11 Å². The third-order valence-electron chi connectivity index (χ3n) is 2.70. The number of hydrogen-bond donors (Lipinski definition) is 1. The molecule has 0 bridgehead atoms. The largest absolute Gasteiger partial charge is 0.364 e. The zero-order valence-electron chi connectivity index (χ0n) is 8.98. The van der Waals surface area contributed by atoms with Crippen molar-refractivity contribution in [1.29, 1.82) is 0 Å². The van der Waals surface area contributed by atoms with Crippen molar-refractivity contribution >= 4 is 24.2 Å². The summed E-state index contributed by atoms with van der Waals surface area (Å²) in [7, 11) is 0. The van der Waals surface area contributed by atoms with E-state index in [1.165, 1.54) is 12.7 Å². The van der Waals surface area contributed by atoms with Gasteiger partial charge in [0.25, 0.3) is 0 Å². The lowest BCUT2D eigenvalue weighted by molar-refractivity contribution is 0.125. The van der Waals surface area contributed by atoms with Crippen molar-refractivity contribution in [2.24, 2.45) is 20.0 Å². The van der Waals surface area contributed by atoms with Gasteiger partial charge < -0.3 is 5.11 Å². The normalized spacial score (nSPS) is 25.5. The molecule has 1 atom stereocenters. The number of hydrogen-bond acceptors (Lipinski definition) is 5. The quantitative estimate of drug-likeness (QED) is 0.797. The van der Waals surface area contributed by atoms with Gasteiger partial charge in [-0.05, 0) is 5.56 Å². The fourth-order valence-corrected chi connectivity index (χ4v) is 1.89. The van der Waals surface area contributed by atoms with Crippen LogP contribution in [0.1, 0.15) is 5.56 Å². The van der Waals surface area contributed by atoms with Gasteiger partial charge in [0.1, 0.15) is 18.4 Å². The lowest BCUT2D eigenvalue weighted by atomic mass is 9.97. The maximum absolute atomic E-state index is 10.5. The summed E-state index contributed by atoms with van der Waals surface area (Å²) < 4.78 is 0. The lowest BCUT2D eigenvalue weighted by Gasteiger charge is -2.25. The van der Waals surface area contributed by atoms with Gasteiger partial charge in [-0.3, -0.25) is 0 Å². The Morgan fingerprint density at radius 1 is 1.06 bits per heavy atom. The molecule has 1 unspecified atom stereocenters. The van der Waals surface area contributed by atoms with Crippen LogP contribution in [0.2, 0.25) is 0 Å². The third-order valence-corrected chi connectivity index (χ3v) is 2.70. The van der Waals surface area contributed by atoms with E-state index in [9.17, 15) is 5.11 Å². The molecule has 2 aliphatic rings. The van der Waals surface area contributed by atoms with Crippen LogP contribution in [0, 0.1) is 0 Å². The van der Waals surface area contributed by atoms with Crippen LogP contribution < -0.4 is 0 Å². The molecule has 0 aliphatic carbocycles. The van der Waals surface area contributed by atoms with Crippen LogP contribution in [-0.2, 0) is 6.42 Å². The first-order valence-electron chi connectivity index (χ1n) is 5.27. The Balaban J connectivity index is 1.93. The van der Waals surface area contributed by atoms with E-state index in [2.05, 4.69) is 20.0 Å². The van der Waals surface area contributed by atoms with Crippen LogP contribution in [0.25, 0.3) is 0 Å². The summed E-state index contributed by atoms with van der Waals surface area (Å²) in [6.45, 7) is 0. The van der Waals surface area contributed by atoms with Crippen LogP contribution in [0.3, 0.4) is 0 Å². The van der Waals surface area contributed by atoms with E-state index in [0.717, 1.165) is 5.56 Å². The van der Waals surface area contributed by atoms with Gasteiger partial charge in [-0.15, -0.1) is 0 Å². The van der Waals surface area contributed by atoms with Gasteiger partial charge >= 0.3 is 0 Å². The van der Waals surface area contributed by atoms with Gasteiger partial charge in [0.2, 0.25) is 5.72 Å². The Bertz CT molecular complexity index is 559. The maximum Gasteiger partial charge on any atom is 0.208 e. The first kappa shape index (κ1) is 10.0. The van der Waals surface area contributed by atoms with Crippen LogP contribution in [-0.4, -0.2) is 35.1 Å². The molecule has 0 fully saturated rings. The molecule has 2 heterocycles. The topological polar surface area (TPSA) is 69.7 Å². The van der Waals surface area contributed by atoms with E-state index < -0.39 is 5.72 Å². The summed E-state index contributed by atoms with van der Waals surface area (Å²) in [5.41, 5.74) is 0.0569. The average molecular weight is 226 g/mol. The second-order valence-electron chi connectivity index (χ2n) is 3.90. The molecule has 5 heteroatoms. The summed E-state index contributed by atoms with van der Waals surface area (Å²) in [5, 5.41) is 10.5. The molecule has 84 valence electrons. The second-order valence-corrected chi connectivity index (χ2v) is 3.90. The third kappa shape index (κ3) is 1.70. The van der Waals surface area contributed by atoms with Gasteiger partial charge in [-0.25, -0.2) is 20.0 Å². The second kappa shape index (κ2) is 3.71. The van der Waals surface area contributed by atoms with Crippen molar-refractivity contribution in [2.75, 3.05) is 0 Å².